The number of para-hydroxylation sites is 1. The first-order valence-corrected chi connectivity index (χ1v) is 7.32. The van der Waals surface area contributed by atoms with Gasteiger partial charge in [-0.2, -0.15) is 0 Å². The average Bonchev–Trinajstić information content (AvgIpc) is 3.07. The topological polar surface area (TPSA) is 92.7 Å². The van der Waals surface area contributed by atoms with E-state index in [-0.39, 0.29) is 24.4 Å². The molecule has 3 rings (SSSR count). The van der Waals surface area contributed by atoms with Crippen molar-refractivity contribution in [3.05, 3.63) is 30.3 Å². The van der Waals surface area contributed by atoms with Gasteiger partial charge in [0.2, 0.25) is 0 Å². The smallest absolute Gasteiger partial charge is 0.309 e. The average molecular weight is 303 g/mol. The number of hydrogen-bond acceptors (Lipinski definition) is 4. The summed E-state index contributed by atoms with van der Waals surface area (Å²) in [7, 11) is 0. The highest BCUT2D eigenvalue weighted by Gasteiger charge is 2.63. The lowest BCUT2D eigenvalue weighted by Crippen LogP contribution is -2.26. The van der Waals surface area contributed by atoms with Crippen LogP contribution in [0.5, 0.6) is 0 Å². The summed E-state index contributed by atoms with van der Waals surface area (Å²) in [5, 5.41) is 11.7. The van der Waals surface area contributed by atoms with E-state index in [4.69, 9.17) is 9.84 Å². The molecule has 4 unspecified atom stereocenters. The first kappa shape index (κ1) is 14.6. The first-order chi connectivity index (χ1) is 10.6. The van der Waals surface area contributed by atoms with Gasteiger partial charge < -0.3 is 15.2 Å². The molecule has 1 aromatic rings. The Kier molecular flexibility index (Phi) is 3.83. The second kappa shape index (κ2) is 5.79. The zero-order chi connectivity index (χ0) is 15.7. The van der Waals surface area contributed by atoms with E-state index in [1.54, 1.807) is 24.3 Å². The molecule has 0 aliphatic heterocycles. The fourth-order valence-corrected chi connectivity index (χ4v) is 3.47. The molecule has 4 atom stereocenters. The van der Waals surface area contributed by atoms with Gasteiger partial charge in [0.25, 0.3) is 5.91 Å². The minimum Gasteiger partial charge on any atom is -0.481 e. The molecule has 2 aliphatic carbocycles. The summed E-state index contributed by atoms with van der Waals surface area (Å²) >= 11 is 0. The van der Waals surface area contributed by atoms with Crippen LogP contribution < -0.4 is 5.32 Å². The SMILES string of the molecule is O=C(COC(=O)C1CCC2C(C(=O)O)C12)Nc1ccccc1. The van der Waals surface area contributed by atoms with Gasteiger partial charge >= 0.3 is 11.9 Å². The fraction of sp³-hybridized carbons (Fsp3) is 0.438. The number of esters is 1. The van der Waals surface area contributed by atoms with Gasteiger partial charge in [-0.15, -0.1) is 0 Å². The third-order valence-corrected chi connectivity index (χ3v) is 4.50. The molecular weight excluding hydrogens is 286 g/mol. The summed E-state index contributed by atoms with van der Waals surface area (Å²) in [6.07, 6.45) is 1.40. The molecule has 2 saturated carbocycles. The lowest BCUT2D eigenvalue weighted by Gasteiger charge is -2.12. The normalized spacial score (nSPS) is 28.5. The Labute approximate surface area is 127 Å². The van der Waals surface area contributed by atoms with Crippen LogP contribution in [0.15, 0.2) is 30.3 Å². The van der Waals surface area contributed by atoms with E-state index in [9.17, 15) is 14.4 Å². The maximum Gasteiger partial charge on any atom is 0.309 e. The number of benzene rings is 1. The number of amides is 1. The summed E-state index contributed by atoms with van der Waals surface area (Å²) in [4.78, 5) is 34.7. The third-order valence-electron chi connectivity index (χ3n) is 4.50. The minimum atomic E-state index is -0.839. The summed E-state index contributed by atoms with van der Waals surface area (Å²) < 4.78 is 5.04. The maximum absolute atomic E-state index is 12.0. The monoisotopic (exact) mass is 303 g/mol. The molecule has 0 aromatic heterocycles. The molecule has 2 N–H and O–H groups in total. The van der Waals surface area contributed by atoms with Gasteiger partial charge in [0.05, 0.1) is 11.8 Å². The van der Waals surface area contributed by atoms with Crippen LogP contribution in [0, 0.1) is 23.7 Å². The molecule has 0 heterocycles. The van der Waals surface area contributed by atoms with Crippen molar-refractivity contribution >= 4 is 23.5 Å². The van der Waals surface area contributed by atoms with Crippen molar-refractivity contribution in [1.82, 2.24) is 0 Å². The highest BCUT2D eigenvalue weighted by molar-refractivity contribution is 5.93. The Morgan fingerprint density at radius 2 is 1.91 bits per heavy atom. The summed E-state index contributed by atoms with van der Waals surface area (Å²) in [6.45, 7) is -0.348. The van der Waals surface area contributed by atoms with E-state index in [1.807, 2.05) is 6.07 Å². The molecule has 6 heteroatoms. The van der Waals surface area contributed by atoms with Gasteiger partial charge in [0, 0.05) is 5.69 Å². The van der Waals surface area contributed by atoms with Crippen molar-refractivity contribution in [3.8, 4) is 0 Å². The van der Waals surface area contributed by atoms with Gasteiger partial charge in [-0.3, -0.25) is 14.4 Å². The van der Waals surface area contributed by atoms with Crippen molar-refractivity contribution in [3.63, 3.8) is 0 Å². The van der Waals surface area contributed by atoms with Crippen LogP contribution in [0.3, 0.4) is 0 Å². The van der Waals surface area contributed by atoms with Gasteiger partial charge in [0.15, 0.2) is 6.61 Å². The number of carboxylic acids is 1. The standard InChI is InChI=1S/C16H17NO5/c18-12(17-9-4-2-1-3-5-9)8-22-16(21)11-7-6-10-13(11)14(10)15(19)20/h1-5,10-11,13-14H,6-8H2,(H,17,18)(H,19,20). The van der Waals surface area contributed by atoms with E-state index < -0.39 is 23.8 Å². The second-order valence-electron chi connectivity index (χ2n) is 5.81. The molecule has 0 saturated heterocycles. The lowest BCUT2D eigenvalue weighted by molar-refractivity contribution is -0.152. The summed E-state index contributed by atoms with van der Waals surface area (Å²) in [5.74, 6) is -2.50. The quantitative estimate of drug-likeness (QED) is 0.805. The Bertz CT molecular complexity index is 600. The molecule has 2 aliphatic rings. The van der Waals surface area contributed by atoms with E-state index in [2.05, 4.69) is 5.32 Å². The van der Waals surface area contributed by atoms with Crippen molar-refractivity contribution in [2.45, 2.75) is 12.8 Å². The summed E-state index contributed by atoms with van der Waals surface area (Å²) in [5.41, 5.74) is 0.637. The Morgan fingerprint density at radius 3 is 2.55 bits per heavy atom. The number of carboxylic acid groups (broad SMARTS) is 1. The van der Waals surface area contributed by atoms with E-state index in [1.165, 1.54) is 0 Å². The highest BCUT2D eigenvalue weighted by atomic mass is 16.5. The molecule has 116 valence electrons. The number of carbonyl (C=O) groups is 3. The van der Waals surface area contributed by atoms with Crippen LogP contribution in [0.25, 0.3) is 0 Å². The van der Waals surface area contributed by atoms with Crippen molar-refractivity contribution in [1.29, 1.82) is 0 Å². The number of nitrogens with one attached hydrogen (secondary N) is 1. The van der Waals surface area contributed by atoms with Crippen molar-refractivity contribution < 1.29 is 24.2 Å². The van der Waals surface area contributed by atoms with Gasteiger partial charge in [0.1, 0.15) is 0 Å². The zero-order valence-electron chi connectivity index (χ0n) is 11.9. The molecule has 1 aromatic carbocycles. The number of aliphatic carboxylic acids is 1. The number of ether oxygens (including phenoxy) is 1. The molecule has 0 bridgehead atoms. The number of hydrogen-bond donors (Lipinski definition) is 2. The van der Waals surface area contributed by atoms with Gasteiger partial charge in [-0.1, -0.05) is 18.2 Å². The number of rotatable bonds is 5. The number of carbonyl (C=O) groups excluding carboxylic acids is 2. The molecule has 1 amide bonds. The van der Waals surface area contributed by atoms with Crippen LogP contribution in [0.4, 0.5) is 5.69 Å². The van der Waals surface area contributed by atoms with E-state index >= 15 is 0 Å². The second-order valence-corrected chi connectivity index (χ2v) is 5.81. The van der Waals surface area contributed by atoms with E-state index in [0.717, 1.165) is 6.42 Å². The molecular formula is C16H17NO5. The Morgan fingerprint density at radius 1 is 1.18 bits per heavy atom. The van der Waals surface area contributed by atoms with Crippen LogP contribution >= 0.6 is 0 Å². The molecule has 22 heavy (non-hydrogen) atoms. The Balaban J connectivity index is 1.47. The predicted molar refractivity (Wildman–Crippen MR) is 76.9 cm³/mol. The number of anilines is 1. The van der Waals surface area contributed by atoms with Crippen LogP contribution in [-0.4, -0.2) is 29.6 Å². The van der Waals surface area contributed by atoms with Crippen molar-refractivity contribution in [2.75, 3.05) is 11.9 Å². The van der Waals surface area contributed by atoms with E-state index in [0.29, 0.717) is 12.1 Å². The maximum atomic E-state index is 12.0. The van der Waals surface area contributed by atoms with Crippen molar-refractivity contribution in [2.24, 2.45) is 23.7 Å². The molecule has 6 nitrogen and oxygen atoms in total. The van der Waals surface area contributed by atoms with Crippen LogP contribution in [0.2, 0.25) is 0 Å². The molecule has 2 fully saturated rings. The fourth-order valence-electron chi connectivity index (χ4n) is 3.47. The highest BCUT2D eigenvalue weighted by Crippen LogP contribution is 2.60. The molecule has 0 radical (unpaired) electrons. The van der Waals surface area contributed by atoms with Crippen LogP contribution in [-0.2, 0) is 19.1 Å². The summed E-state index contributed by atoms with van der Waals surface area (Å²) in [6, 6.07) is 8.89. The molecule has 0 spiro atoms. The third kappa shape index (κ3) is 2.81. The first-order valence-electron chi connectivity index (χ1n) is 7.32. The Hall–Kier alpha value is -2.37. The van der Waals surface area contributed by atoms with Gasteiger partial charge in [-0.05, 0) is 36.8 Å². The van der Waals surface area contributed by atoms with Crippen LogP contribution in [0.1, 0.15) is 12.8 Å². The zero-order valence-corrected chi connectivity index (χ0v) is 11.9. The lowest BCUT2D eigenvalue weighted by atomic mass is 10.0. The predicted octanol–water partition coefficient (Wildman–Crippen LogP) is 1.53. The largest absolute Gasteiger partial charge is 0.481 e. The van der Waals surface area contributed by atoms with Gasteiger partial charge in [-0.25, -0.2) is 0 Å². The minimum absolute atomic E-state index is 0.105. The number of fused-ring (bicyclic) bond motifs is 1.